The fraction of sp³-hybridized carbons (Fsp3) is 0.418. The van der Waals surface area contributed by atoms with Gasteiger partial charge in [0.25, 0.3) is 0 Å². The molecule has 2 saturated heterocycles. The van der Waals surface area contributed by atoms with Crippen LogP contribution in [-0.4, -0.2) is 103 Å². The largest absolute Gasteiger partial charge is 0.481 e. The highest BCUT2D eigenvalue weighted by Gasteiger charge is 2.31. The van der Waals surface area contributed by atoms with Gasteiger partial charge in [0.05, 0.1) is 50.4 Å². The predicted molar refractivity (Wildman–Crippen MR) is 271 cm³/mol. The number of hydrogen-bond donors (Lipinski definition) is 5. The Balaban J connectivity index is 0.000000342. The van der Waals surface area contributed by atoms with E-state index in [9.17, 15) is 80.9 Å². The Morgan fingerprint density at radius 1 is 0.622 bits per heavy atom. The van der Waals surface area contributed by atoms with E-state index in [0.29, 0.717) is 55.3 Å². The van der Waals surface area contributed by atoms with Gasteiger partial charge in [-0.15, -0.1) is 0 Å². The van der Waals surface area contributed by atoms with Crippen LogP contribution in [0.5, 0.6) is 0 Å². The Kier molecular flexibility index (Phi) is 31.1. The number of carboxylic acids is 1. The van der Waals surface area contributed by atoms with Gasteiger partial charge in [0.1, 0.15) is 29.1 Å². The van der Waals surface area contributed by atoms with Gasteiger partial charge in [0.15, 0.2) is 58.2 Å². The fourth-order valence-electron chi connectivity index (χ4n) is 6.92. The molecule has 0 bridgehead atoms. The van der Waals surface area contributed by atoms with Gasteiger partial charge in [-0.3, -0.25) is 4.79 Å². The Hall–Kier alpha value is -6.92. The first-order chi connectivity index (χ1) is 38.6. The van der Waals surface area contributed by atoms with Crippen LogP contribution >= 0.6 is 0 Å². The van der Waals surface area contributed by atoms with Crippen molar-refractivity contribution in [1.82, 2.24) is 15.5 Å². The molecule has 0 radical (unpaired) electrons. The van der Waals surface area contributed by atoms with Gasteiger partial charge in [-0.1, -0.05) is 19.0 Å². The van der Waals surface area contributed by atoms with Crippen LogP contribution in [0, 0.1) is 98.6 Å². The first-order valence-electron chi connectivity index (χ1n) is 24.9. The van der Waals surface area contributed by atoms with Crippen LogP contribution in [0.15, 0.2) is 65.8 Å². The van der Waals surface area contributed by atoms with Gasteiger partial charge in [-0.2, -0.15) is 5.26 Å². The van der Waals surface area contributed by atoms with E-state index in [1.54, 1.807) is 14.0 Å². The molecule has 5 aromatic carbocycles. The summed E-state index contributed by atoms with van der Waals surface area (Å²) in [5, 5.41) is 44.1. The Labute approximate surface area is 462 Å². The molecule has 5 aromatic rings. The molecule has 450 valence electrons. The fourth-order valence-corrected chi connectivity index (χ4v) is 6.92. The molecule has 0 spiro atoms. The van der Waals surface area contributed by atoms with Gasteiger partial charge < -0.3 is 35.6 Å². The standard InChI is InChI=1S/C11H11F3N2.C11H12F3NO2.C10H10F3N.C10H11F3O.C9H8F3N3O.C4H8O/c1-16-8(2-3-15)4-7-5-10(13)11(14)6-9(7)12;1-15-7(4-11(16)17)2-6-3-9(13)10(14)5-8(6)12;1-14-5-7(14)2-6-3-9(12)10(13)4-8(6)11;1-2-7(14)3-6-4-9(12)10(13)5-8(6)11;10-7-3-9(12)8(11)2-5(7)1-6(16)4-14-15-13;1-2-4-3-5-4/h5-6,8,16H,2,4H2,1H3;3,5,7,15H,2,4H2,1H3,(H,16,17);3-4,7H,2,5H2,1H3;4-5,7,14H,2-3H2,1H3;2-3,6,16H,1,4H2;4H,2-3H2,1H3/t8-;7-;7-,14?;7-;6-;4-/m011101/s1. The van der Waals surface area contributed by atoms with E-state index in [-0.39, 0.29) is 85.0 Å². The van der Waals surface area contributed by atoms with E-state index < -0.39 is 111 Å². The zero-order chi connectivity index (χ0) is 62.0. The van der Waals surface area contributed by atoms with Crippen molar-refractivity contribution in [3.8, 4) is 6.07 Å². The molecule has 82 heavy (non-hydrogen) atoms. The molecule has 0 aliphatic carbocycles. The minimum atomic E-state index is -1.29. The molecule has 2 aliphatic heterocycles. The van der Waals surface area contributed by atoms with Crippen molar-refractivity contribution in [3.05, 3.63) is 186 Å². The van der Waals surface area contributed by atoms with Gasteiger partial charge in [0.2, 0.25) is 0 Å². The minimum absolute atomic E-state index is 0.000463. The van der Waals surface area contributed by atoms with Gasteiger partial charge in [-0.25, -0.2) is 65.9 Å². The maximum atomic E-state index is 13.3. The highest BCUT2D eigenvalue weighted by Crippen LogP contribution is 2.24. The molecule has 2 fully saturated rings. The highest BCUT2D eigenvalue weighted by molar-refractivity contribution is 5.67. The number of ether oxygens (including phenoxy) is 1. The molecule has 12 nitrogen and oxygen atoms in total. The van der Waals surface area contributed by atoms with E-state index in [2.05, 4.69) is 27.6 Å². The molecule has 2 aliphatic rings. The summed E-state index contributed by atoms with van der Waals surface area (Å²) in [5.41, 5.74) is 8.07. The lowest BCUT2D eigenvalue weighted by molar-refractivity contribution is -0.137. The average Bonchev–Trinajstić information content (AvgIpc) is 4.38. The lowest BCUT2D eigenvalue weighted by Crippen LogP contribution is -2.30. The second-order valence-electron chi connectivity index (χ2n) is 18.3. The minimum Gasteiger partial charge on any atom is -0.481 e. The zero-order valence-electron chi connectivity index (χ0n) is 44.8. The first kappa shape index (κ1) is 71.2. The van der Waals surface area contributed by atoms with Crippen LogP contribution in [0.1, 0.15) is 67.3 Å². The summed E-state index contributed by atoms with van der Waals surface area (Å²) in [7, 11) is 5.05. The number of nitrogens with one attached hydrogen (secondary N) is 2. The maximum absolute atomic E-state index is 13.3. The normalized spacial score (nSPS) is 15.9. The zero-order valence-corrected chi connectivity index (χ0v) is 44.8. The third-order valence-corrected chi connectivity index (χ3v) is 12.0. The molecule has 0 amide bonds. The number of rotatable bonds is 19. The number of nitrogens with zero attached hydrogens (tertiary/aromatic N) is 5. The summed E-state index contributed by atoms with van der Waals surface area (Å²) in [4.78, 5) is 14.9. The molecular weight excluding hydrogens is 1120 g/mol. The van der Waals surface area contributed by atoms with Crippen LogP contribution in [0.3, 0.4) is 0 Å². The number of carboxylic acid groups (broad SMARTS) is 1. The van der Waals surface area contributed by atoms with Gasteiger partial charge in [-0.05, 0) is 117 Å². The molecule has 0 aromatic heterocycles. The van der Waals surface area contributed by atoms with Crippen LogP contribution in [0.25, 0.3) is 10.4 Å². The number of halogens is 15. The molecule has 2 heterocycles. The molecular formula is C55H60F15N7O5. The number of azide groups is 1. The van der Waals surface area contributed by atoms with Crippen molar-refractivity contribution in [3.63, 3.8) is 0 Å². The number of epoxide rings is 1. The van der Waals surface area contributed by atoms with Crippen LogP contribution in [0.2, 0.25) is 0 Å². The number of benzene rings is 5. The van der Waals surface area contributed by atoms with Crippen LogP contribution in [0.4, 0.5) is 65.9 Å². The lowest BCUT2D eigenvalue weighted by Gasteiger charge is -2.14. The summed E-state index contributed by atoms with van der Waals surface area (Å²) in [6.07, 6.45) is 0.683. The van der Waals surface area contributed by atoms with E-state index in [1.807, 2.05) is 18.0 Å². The summed E-state index contributed by atoms with van der Waals surface area (Å²) < 4.78 is 198. The molecule has 27 heteroatoms. The molecule has 1 unspecified atom stereocenters. The SMILES string of the molecule is CC[C@@H](O)Cc1cc(F)c(F)cc1F.CC[C@@H]1CO1.CN1C[C@H]1Cc1cc(F)c(F)cc1F.CN[C@@H](CC#N)Cc1cc(F)c(F)cc1F.CN[C@@H](CC(=O)O)Cc1cc(F)c(F)cc1F.[N-]=[N+]=NC[C@@H](O)Cc1cc(F)c(F)cc1F. The lowest BCUT2D eigenvalue weighted by atomic mass is 10.0. The third kappa shape index (κ3) is 25.9. The smallest absolute Gasteiger partial charge is 0.304 e. The summed E-state index contributed by atoms with van der Waals surface area (Å²) in [6.45, 7) is 5.50. The number of aliphatic hydroxyl groups is 2. The monoisotopic (exact) mass is 1180 g/mol. The Bertz CT molecular complexity index is 2890. The van der Waals surface area contributed by atoms with Crippen molar-refractivity contribution in [2.75, 3.05) is 40.8 Å². The van der Waals surface area contributed by atoms with Crippen molar-refractivity contribution >= 4 is 5.97 Å². The highest BCUT2D eigenvalue weighted by atomic mass is 19.2. The third-order valence-electron chi connectivity index (χ3n) is 12.0. The van der Waals surface area contributed by atoms with Gasteiger partial charge in [0, 0.05) is 72.8 Å². The van der Waals surface area contributed by atoms with Crippen molar-refractivity contribution in [1.29, 1.82) is 5.26 Å². The van der Waals surface area contributed by atoms with Crippen molar-refractivity contribution < 1.29 is 90.7 Å². The molecule has 7 rings (SSSR count). The second-order valence-corrected chi connectivity index (χ2v) is 18.3. The summed E-state index contributed by atoms with van der Waals surface area (Å²) in [6, 6.07) is 7.84. The van der Waals surface area contributed by atoms with E-state index in [1.165, 1.54) is 13.5 Å². The maximum Gasteiger partial charge on any atom is 0.304 e. The number of aliphatic hydroxyl groups excluding tert-OH is 2. The average molecular weight is 1180 g/mol. The quantitative estimate of drug-likeness (QED) is 0.0134. The van der Waals surface area contributed by atoms with Crippen molar-refractivity contribution in [2.45, 2.75) is 108 Å². The second kappa shape index (κ2) is 35.8. The number of hydrogen-bond acceptors (Lipinski definition) is 9. The number of likely N-dealkylation sites (N-methyl/N-ethyl adjacent to an activating group) is 3. The van der Waals surface area contributed by atoms with Crippen LogP contribution in [-0.2, 0) is 41.6 Å². The topological polar surface area (TPSA) is 190 Å². The van der Waals surface area contributed by atoms with E-state index >= 15 is 0 Å². The molecule has 5 N–H and O–H groups in total. The number of aliphatic carboxylic acids is 1. The number of carbonyl (C=O) groups is 1. The van der Waals surface area contributed by atoms with Crippen molar-refractivity contribution in [2.24, 2.45) is 5.11 Å². The number of nitriles is 1. The molecule has 0 saturated carbocycles. The predicted octanol–water partition coefficient (Wildman–Crippen LogP) is 11.3. The first-order valence-corrected chi connectivity index (χ1v) is 24.9. The summed E-state index contributed by atoms with van der Waals surface area (Å²) >= 11 is 0. The van der Waals surface area contributed by atoms with E-state index in [4.69, 9.17) is 20.6 Å². The summed E-state index contributed by atoms with van der Waals surface area (Å²) in [5.74, 6) is -16.7. The Morgan fingerprint density at radius 2 is 0.951 bits per heavy atom. The molecule has 7 atom stereocenters. The van der Waals surface area contributed by atoms with E-state index in [0.717, 1.165) is 37.4 Å². The van der Waals surface area contributed by atoms with Gasteiger partial charge >= 0.3 is 5.97 Å². The van der Waals surface area contributed by atoms with Crippen LogP contribution < -0.4 is 10.6 Å². The Morgan fingerprint density at radius 3 is 1.24 bits per heavy atom.